The lowest BCUT2D eigenvalue weighted by Gasteiger charge is -2.14. The predicted molar refractivity (Wildman–Crippen MR) is 78.9 cm³/mol. The molecule has 4 N–H and O–H groups in total. The highest BCUT2D eigenvalue weighted by Crippen LogP contribution is 2.22. The maximum Gasteiger partial charge on any atom is 0.323 e. The molecule has 4 heteroatoms. The molecule has 1 aromatic carbocycles. The monoisotopic (exact) mass is 259 g/mol. The molecule has 2 amide bonds. The van der Waals surface area contributed by atoms with Gasteiger partial charge in [0.1, 0.15) is 0 Å². The van der Waals surface area contributed by atoms with Gasteiger partial charge in [0.15, 0.2) is 0 Å². The van der Waals surface area contributed by atoms with Crippen molar-refractivity contribution in [3.05, 3.63) is 35.5 Å². The first-order valence-corrected chi connectivity index (χ1v) is 6.77. The fourth-order valence-electron chi connectivity index (χ4n) is 2.25. The molecule has 1 fully saturated rings. The van der Waals surface area contributed by atoms with Gasteiger partial charge in [0, 0.05) is 6.20 Å². The summed E-state index contributed by atoms with van der Waals surface area (Å²) >= 11 is 0. The predicted octanol–water partition coefficient (Wildman–Crippen LogP) is 3.55. The van der Waals surface area contributed by atoms with E-state index in [1.54, 1.807) is 6.07 Å². The van der Waals surface area contributed by atoms with Gasteiger partial charge < -0.3 is 16.4 Å². The van der Waals surface area contributed by atoms with E-state index in [9.17, 15) is 4.79 Å². The van der Waals surface area contributed by atoms with Crippen molar-refractivity contribution >= 4 is 17.4 Å². The number of hydrogen-bond acceptors (Lipinski definition) is 2. The normalized spacial score (nSPS) is 14.9. The number of nitrogen functional groups attached to an aromatic ring is 1. The number of nitrogens with one attached hydrogen (secondary N) is 2. The van der Waals surface area contributed by atoms with E-state index < -0.39 is 0 Å². The first-order chi connectivity index (χ1) is 9.15. The van der Waals surface area contributed by atoms with Crippen molar-refractivity contribution in [2.45, 2.75) is 39.0 Å². The van der Waals surface area contributed by atoms with Crippen LogP contribution in [-0.2, 0) is 0 Å². The maximum absolute atomic E-state index is 11.8. The molecule has 0 unspecified atom stereocenters. The Morgan fingerprint density at radius 2 is 2.00 bits per heavy atom. The summed E-state index contributed by atoms with van der Waals surface area (Å²) in [5.41, 5.74) is 9.43. The summed E-state index contributed by atoms with van der Waals surface area (Å²) in [5.74, 6) is 0. The van der Waals surface area contributed by atoms with Gasteiger partial charge in [-0.2, -0.15) is 0 Å². The average Bonchev–Trinajstić information content (AvgIpc) is 2.42. The maximum atomic E-state index is 11.8. The Labute approximate surface area is 114 Å². The SMILES string of the molecule is Cc1ccc(N)c(NC(=O)NC=C2CCCCC2)c1. The van der Waals surface area contributed by atoms with Crippen molar-refractivity contribution in [3.8, 4) is 0 Å². The molecule has 0 aromatic heterocycles. The Morgan fingerprint density at radius 1 is 1.26 bits per heavy atom. The third-order valence-electron chi connectivity index (χ3n) is 3.36. The number of benzene rings is 1. The third kappa shape index (κ3) is 4.02. The fourth-order valence-corrected chi connectivity index (χ4v) is 2.25. The van der Waals surface area contributed by atoms with Gasteiger partial charge in [-0.3, -0.25) is 0 Å². The van der Waals surface area contributed by atoms with Gasteiger partial charge in [-0.1, -0.05) is 18.1 Å². The minimum absolute atomic E-state index is 0.240. The highest BCUT2D eigenvalue weighted by molar-refractivity contribution is 5.93. The Morgan fingerprint density at radius 3 is 2.74 bits per heavy atom. The van der Waals surface area contributed by atoms with Crippen LogP contribution >= 0.6 is 0 Å². The van der Waals surface area contributed by atoms with Crippen molar-refractivity contribution < 1.29 is 4.79 Å². The van der Waals surface area contributed by atoms with Crippen LogP contribution in [0.15, 0.2) is 30.0 Å². The van der Waals surface area contributed by atoms with Crippen LogP contribution in [0.4, 0.5) is 16.2 Å². The molecule has 1 aliphatic rings. The van der Waals surface area contributed by atoms with Gasteiger partial charge in [0.25, 0.3) is 0 Å². The van der Waals surface area contributed by atoms with Gasteiger partial charge in [0.2, 0.25) is 0 Å². The lowest BCUT2D eigenvalue weighted by Crippen LogP contribution is -2.25. The van der Waals surface area contributed by atoms with Crippen LogP contribution in [0.2, 0.25) is 0 Å². The number of rotatable bonds is 2. The molecular formula is C15H21N3O. The Bertz CT molecular complexity index is 486. The second-order valence-corrected chi connectivity index (χ2v) is 5.05. The smallest absolute Gasteiger partial charge is 0.323 e. The summed E-state index contributed by atoms with van der Waals surface area (Å²) < 4.78 is 0. The summed E-state index contributed by atoms with van der Waals surface area (Å²) in [6.45, 7) is 1.96. The minimum Gasteiger partial charge on any atom is -0.397 e. The molecule has 1 aromatic rings. The fraction of sp³-hybridized carbons (Fsp3) is 0.400. The molecule has 0 saturated heterocycles. The zero-order chi connectivity index (χ0) is 13.7. The largest absolute Gasteiger partial charge is 0.397 e. The molecule has 1 saturated carbocycles. The van der Waals surface area contributed by atoms with Crippen molar-refractivity contribution in [3.63, 3.8) is 0 Å². The van der Waals surface area contributed by atoms with E-state index in [0.29, 0.717) is 11.4 Å². The molecule has 0 bridgehead atoms. The number of anilines is 2. The van der Waals surface area contributed by atoms with E-state index in [1.165, 1.54) is 24.8 Å². The molecule has 0 spiro atoms. The number of aryl methyl sites for hydroxylation is 1. The van der Waals surface area contributed by atoms with Gasteiger partial charge in [-0.25, -0.2) is 4.79 Å². The topological polar surface area (TPSA) is 67.1 Å². The molecule has 0 atom stereocenters. The molecule has 0 radical (unpaired) electrons. The average molecular weight is 259 g/mol. The summed E-state index contributed by atoms with van der Waals surface area (Å²) in [7, 11) is 0. The number of allylic oxidation sites excluding steroid dienone is 1. The highest BCUT2D eigenvalue weighted by atomic mass is 16.2. The number of carbonyl (C=O) groups is 1. The van der Waals surface area contributed by atoms with Gasteiger partial charge in [0.05, 0.1) is 11.4 Å². The summed E-state index contributed by atoms with van der Waals surface area (Å²) in [5, 5.41) is 5.55. The van der Waals surface area contributed by atoms with E-state index in [1.807, 2.05) is 25.3 Å². The van der Waals surface area contributed by atoms with E-state index in [4.69, 9.17) is 5.73 Å². The first kappa shape index (κ1) is 13.5. The van der Waals surface area contributed by atoms with Crippen LogP contribution in [0.3, 0.4) is 0 Å². The Balaban J connectivity index is 1.92. The summed E-state index contributed by atoms with van der Waals surface area (Å²) in [6.07, 6.45) is 7.75. The van der Waals surface area contributed by atoms with Crippen LogP contribution in [0.5, 0.6) is 0 Å². The van der Waals surface area contributed by atoms with E-state index in [2.05, 4.69) is 10.6 Å². The molecule has 0 aliphatic heterocycles. The lowest BCUT2D eigenvalue weighted by atomic mass is 9.96. The molecule has 1 aliphatic carbocycles. The van der Waals surface area contributed by atoms with Gasteiger partial charge in [-0.15, -0.1) is 0 Å². The van der Waals surface area contributed by atoms with Crippen LogP contribution < -0.4 is 16.4 Å². The van der Waals surface area contributed by atoms with Crippen LogP contribution in [0.25, 0.3) is 0 Å². The zero-order valence-electron chi connectivity index (χ0n) is 11.3. The van der Waals surface area contributed by atoms with E-state index in [0.717, 1.165) is 18.4 Å². The number of urea groups is 1. The third-order valence-corrected chi connectivity index (χ3v) is 3.36. The molecule has 19 heavy (non-hydrogen) atoms. The van der Waals surface area contributed by atoms with Crippen LogP contribution in [0, 0.1) is 6.92 Å². The van der Waals surface area contributed by atoms with Crippen molar-refractivity contribution in [1.82, 2.24) is 5.32 Å². The van der Waals surface area contributed by atoms with Gasteiger partial charge >= 0.3 is 6.03 Å². The summed E-state index contributed by atoms with van der Waals surface area (Å²) in [4.78, 5) is 11.8. The molecular weight excluding hydrogens is 238 g/mol. The number of hydrogen-bond donors (Lipinski definition) is 3. The Hall–Kier alpha value is -1.97. The molecule has 4 nitrogen and oxygen atoms in total. The molecule has 102 valence electrons. The lowest BCUT2D eigenvalue weighted by molar-refractivity contribution is 0.255. The minimum atomic E-state index is -0.240. The standard InChI is InChI=1S/C15H21N3O/c1-11-7-8-13(16)14(9-11)18-15(19)17-10-12-5-3-2-4-6-12/h7-10H,2-6,16H2,1H3,(H2,17,18,19). The quantitative estimate of drug-likeness (QED) is 0.711. The zero-order valence-corrected chi connectivity index (χ0v) is 11.3. The second kappa shape index (κ2) is 6.27. The summed E-state index contributed by atoms with van der Waals surface area (Å²) in [6, 6.07) is 5.34. The molecule has 0 heterocycles. The van der Waals surface area contributed by atoms with Gasteiger partial charge in [-0.05, 0) is 50.3 Å². The van der Waals surface area contributed by atoms with Crippen molar-refractivity contribution in [1.29, 1.82) is 0 Å². The van der Waals surface area contributed by atoms with Crippen LogP contribution in [0.1, 0.15) is 37.7 Å². The van der Waals surface area contributed by atoms with E-state index >= 15 is 0 Å². The number of carbonyl (C=O) groups excluding carboxylic acids is 1. The second-order valence-electron chi connectivity index (χ2n) is 5.05. The van der Waals surface area contributed by atoms with Crippen molar-refractivity contribution in [2.24, 2.45) is 0 Å². The Kier molecular flexibility index (Phi) is 4.44. The number of amides is 2. The highest BCUT2D eigenvalue weighted by Gasteiger charge is 2.07. The number of nitrogens with two attached hydrogens (primary N) is 1. The molecule has 2 rings (SSSR count). The van der Waals surface area contributed by atoms with Crippen molar-refractivity contribution in [2.75, 3.05) is 11.1 Å². The first-order valence-electron chi connectivity index (χ1n) is 6.77. The van der Waals surface area contributed by atoms with Crippen LogP contribution in [-0.4, -0.2) is 6.03 Å². The van der Waals surface area contributed by atoms with E-state index in [-0.39, 0.29) is 6.03 Å².